The molecular formula is C12H11F2NO. The van der Waals surface area contributed by atoms with Crippen LogP contribution in [0.15, 0.2) is 41.2 Å². The van der Waals surface area contributed by atoms with Crippen molar-refractivity contribution in [2.24, 2.45) is 5.73 Å². The largest absolute Gasteiger partial charge is 0.472 e. The zero-order valence-corrected chi connectivity index (χ0v) is 8.49. The van der Waals surface area contributed by atoms with Gasteiger partial charge in [0.25, 0.3) is 0 Å². The highest BCUT2D eigenvalue weighted by molar-refractivity contribution is 5.24. The van der Waals surface area contributed by atoms with Crippen LogP contribution in [-0.2, 0) is 6.42 Å². The van der Waals surface area contributed by atoms with E-state index in [-0.39, 0.29) is 0 Å². The Morgan fingerprint density at radius 3 is 2.69 bits per heavy atom. The summed E-state index contributed by atoms with van der Waals surface area (Å²) in [6.07, 6.45) is 3.55. The lowest BCUT2D eigenvalue weighted by Crippen LogP contribution is -2.14. The van der Waals surface area contributed by atoms with Crippen molar-refractivity contribution >= 4 is 0 Å². The Labute approximate surface area is 91.7 Å². The summed E-state index contributed by atoms with van der Waals surface area (Å²) in [7, 11) is 0. The molecule has 0 saturated carbocycles. The maximum Gasteiger partial charge on any atom is 0.130 e. The van der Waals surface area contributed by atoms with Gasteiger partial charge in [0.1, 0.15) is 11.6 Å². The van der Waals surface area contributed by atoms with E-state index in [4.69, 9.17) is 10.2 Å². The Balaban J connectivity index is 2.17. The summed E-state index contributed by atoms with van der Waals surface area (Å²) >= 11 is 0. The number of benzene rings is 1. The van der Waals surface area contributed by atoms with Crippen LogP contribution in [0.5, 0.6) is 0 Å². The third-order valence-corrected chi connectivity index (χ3v) is 2.40. The van der Waals surface area contributed by atoms with Gasteiger partial charge in [0.15, 0.2) is 0 Å². The molecule has 0 radical (unpaired) electrons. The van der Waals surface area contributed by atoms with Crippen LogP contribution in [0.2, 0.25) is 0 Å². The average Bonchev–Trinajstić information content (AvgIpc) is 2.70. The van der Waals surface area contributed by atoms with Gasteiger partial charge in [-0.2, -0.15) is 0 Å². The first-order chi connectivity index (χ1) is 7.66. The van der Waals surface area contributed by atoms with E-state index in [0.29, 0.717) is 12.0 Å². The third kappa shape index (κ3) is 2.28. The molecule has 1 aromatic carbocycles. The lowest BCUT2D eigenvalue weighted by molar-refractivity contribution is 0.547. The number of furan rings is 1. The summed E-state index contributed by atoms with van der Waals surface area (Å²) < 4.78 is 31.0. The van der Waals surface area contributed by atoms with Crippen molar-refractivity contribution in [3.63, 3.8) is 0 Å². The Morgan fingerprint density at radius 1 is 1.25 bits per heavy atom. The fraction of sp³-hybridized carbons (Fsp3) is 0.167. The van der Waals surface area contributed by atoms with Gasteiger partial charge in [0.2, 0.25) is 0 Å². The summed E-state index contributed by atoms with van der Waals surface area (Å²) in [5.41, 5.74) is 7.03. The topological polar surface area (TPSA) is 39.2 Å². The van der Waals surface area contributed by atoms with Crippen molar-refractivity contribution in [3.8, 4) is 0 Å². The minimum absolute atomic E-state index is 0.308. The van der Waals surface area contributed by atoms with Crippen LogP contribution in [0, 0.1) is 11.6 Å². The van der Waals surface area contributed by atoms with Gasteiger partial charge in [0.05, 0.1) is 12.5 Å². The molecule has 1 unspecified atom stereocenters. The minimum atomic E-state index is -0.615. The minimum Gasteiger partial charge on any atom is -0.472 e. The molecule has 0 spiro atoms. The fourth-order valence-corrected chi connectivity index (χ4v) is 1.57. The molecule has 84 valence electrons. The fourth-order valence-electron chi connectivity index (χ4n) is 1.57. The van der Waals surface area contributed by atoms with Crippen LogP contribution < -0.4 is 5.73 Å². The number of nitrogens with two attached hydrogens (primary N) is 1. The Hall–Kier alpha value is -1.68. The molecule has 1 heterocycles. The van der Waals surface area contributed by atoms with Gasteiger partial charge in [-0.1, -0.05) is 6.07 Å². The van der Waals surface area contributed by atoms with Gasteiger partial charge in [-0.05, 0) is 24.1 Å². The maximum absolute atomic E-state index is 13.4. The molecule has 0 amide bonds. The third-order valence-electron chi connectivity index (χ3n) is 2.40. The van der Waals surface area contributed by atoms with Gasteiger partial charge >= 0.3 is 0 Å². The first kappa shape index (κ1) is 10.8. The van der Waals surface area contributed by atoms with Gasteiger partial charge < -0.3 is 10.2 Å². The summed E-state index contributed by atoms with van der Waals surface area (Å²) in [6.45, 7) is 0. The highest BCUT2D eigenvalue weighted by Crippen LogP contribution is 2.20. The van der Waals surface area contributed by atoms with E-state index >= 15 is 0 Å². The lowest BCUT2D eigenvalue weighted by Gasteiger charge is -2.11. The van der Waals surface area contributed by atoms with Gasteiger partial charge in [-0.15, -0.1) is 0 Å². The van der Waals surface area contributed by atoms with E-state index in [2.05, 4.69) is 0 Å². The predicted molar refractivity (Wildman–Crippen MR) is 55.7 cm³/mol. The van der Waals surface area contributed by atoms with Gasteiger partial charge in [-0.25, -0.2) is 8.78 Å². The monoisotopic (exact) mass is 223 g/mol. The Kier molecular flexibility index (Phi) is 3.01. The number of hydrogen-bond donors (Lipinski definition) is 1. The first-order valence-corrected chi connectivity index (χ1v) is 4.88. The predicted octanol–water partition coefficient (Wildman–Crippen LogP) is 2.80. The van der Waals surface area contributed by atoms with Crippen LogP contribution in [-0.4, -0.2) is 0 Å². The van der Waals surface area contributed by atoms with Crippen molar-refractivity contribution in [1.82, 2.24) is 0 Å². The molecule has 0 aliphatic rings. The molecule has 2 aromatic rings. The second-order valence-corrected chi connectivity index (χ2v) is 3.61. The molecular weight excluding hydrogens is 212 g/mol. The van der Waals surface area contributed by atoms with E-state index in [1.54, 1.807) is 12.3 Å². The van der Waals surface area contributed by atoms with E-state index < -0.39 is 17.7 Å². The zero-order chi connectivity index (χ0) is 11.5. The highest BCUT2D eigenvalue weighted by atomic mass is 19.1. The van der Waals surface area contributed by atoms with Crippen LogP contribution >= 0.6 is 0 Å². The molecule has 1 atom stereocenters. The van der Waals surface area contributed by atoms with Crippen LogP contribution in [0.4, 0.5) is 8.78 Å². The molecule has 0 aliphatic carbocycles. The molecule has 0 fully saturated rings. The van der Waals surface area contributed by atoms with E-state index in [0.717, 1.165) is 11.6 Å². The molecule has 0 bridgehead atoms. The van der Waals surface area contributed by atoms with Gasteiger partial charge in [0, 0.05) is 17.7 Å². The molecule has 2 rings (SSSR count). The smallest absolute Gasteiger partial charge is 0.130 e. The SMILES string of the molecule is NC(Cc1ccoc1)c1ccc(F)cc1F. The van der Waals surface area contributed by atoms with Gasteiger partial charge in [-0.3, -0.25) is 0 Å². The lowest BCUT2D eigenvalue weighted by atomic mass is 10.0. The Bertz CT molecular complexity index is 468. The molecule has 0 aliphatic heterocycles. The second-order valence-electron chi connectivity index (χ2n) is 3.61. The van der Waals surface area contributed by atoms with Crippen molar-refractivity contribution in [3.05, 3.63) is 59.6 Å². The van der Waals surface area contributed by atoms with Crippen molar-refractivity contribution in [1.29, 1.82) is 0 Å². The van der Waals surface area contributed by atoms with Crippen molar-refractivity contribution in [2.75, 3.05) is 0 Å². The molecule has 0 saturated heterocycles. The summed E-state index contributed by atoms with van der Waals surface area (Å²) in [6, 6.07) is 4.67. The van der Waals surface area contributed by atoms with Crippen LogP contribution in [0.1, 0.15) is 17.2 Å². The molecule has 2 nitrogen and oxygen atoms in total. The molecule has 16 heavy (non-hydrogen) atoms. The summed E-state index contributed by atoms with van der Waals surface area (Å²) in [4.78, 5) is 0. The number of hydrogen-bond acceptors (Lipinski definition) is 2. The molecule has 1 aromatic heterocycles. The second kappa shape index (κ2) is 4.45. The molecule has 4 heteroatoms. The van der Waals surface area contributed by atoms with E-state index in [9.17, 15) is 8.78 Å². The highest BCUT2D eigenvalue weighted by Gasteiger charge is 2.13. The number of halogens is 2. The average molecular weight is 223 g/mol. The maximum atomic E-state index is 13.4. The van der Waals surface area contributed by atoms with Crippen molar-refractivity contribution in [2.45, 2.75) is 12.5 Å². The standard InChI is InChI=1S/C12H11F2NO/c13-9-1-2-10(11(14)6-9)12(15)5-8-3-4-16-7-8/h1-4,6-7,12H,5,15H2. The summed E-state index contributed by atoms with van der Waals surface area (Å²) in [5, 5.41) is 0. The van der Waals surface area contributed by atoms with Crippen LogP contribution in [0.25, 0.3) is 0 Å². The van der Waals surface area contributed by atoms with E-state index in [1.165, 1.54) is 18.4 Å². The molecule has 2 N–H and O–H groups in total. The number of rotatable bonds is 3. The zero-order valence-electron chi connectivity index (χ0n) is 8.49. The normalized spacial score (nSPS) is 12.7. The summed E-state index contributed by atoms with van der Waals surface area (Å²) in [5.74, 6) is -1.22. The van der Waals surface area contributed by atoms with Crippen LogP contribution in [0.3, 0.4) is 0 Å². The quantitative estimate of drug-likeness (QED) is 0.868. The van der Waals surface area contributed by atoms with E-state index in [1.807, 2.05) is 0 Å². The van der Waals surface area contributed by atoms with Crippen molar-refractivity contribution < 1.29 is 13.2 Å². The Morgan fingerprint density at radius 2 is 2.06 bits per heavy atom. The first-order valence-electron chi connectivity index (χ1n) is 4.88.